The Labute approximate surface area is 95.9 Å². The van der Waals surface area contributed by atoms with E-state index in [1.165, 1.54) is 12.0 Å². The van der Waals surface area contributed by atoms with Crippen LogP contribution in [0.5, 0.6) is 0 Å². The van der Waals surface area contributed by atoms with Gasteiger partial charge in [0.05, 0.1) is 7.11 Å². The van der Waals surface area contributed by atoms with E-state index in [9.17, 15) is 22.8 Å². The van der Waals surface area contributed by atoms with Crippen LogP contribution in [0.2, 0.25) is 0 Å². The lowest BCUT2D eigenvalue weighted by Crippen LogP contribution is -2.49. The van der Waals surface area contributed by atoms with Gasteiger partial charge in [-0.2, -0.15) is 13.2 Å². The molecule has 8 heteroatoms. The van der Waals surface area contributed by atoms with Gasteiger partial charge < -0.3 is 15.0 Å². The standard InChI is InChI=1S/C9H13F3N2O3/c1-17-8(16)14-4-2-6(3-5-14)13-7(15)9(10,11)12/h6H,2-5H2,1H3,(H,13,15). The third kappa shape index (κ3) is 3.79. The number of carbonyl (C=O) groups excluding carboxylic acids is 2. The maximum absolute atomic E-state index is 12.0. The molecule has 2 amide bonds. The number of halogens is 3. The Bertz CT molecular complexity index is 298. The minimum atomic E-state index is -4.86. The molecular weight excluding hydrogens is 241 g/mol. The van der Waals surface area contributed by atoms with E-state index in [1.807, 2.05) is 5.32 Å². The van der Waals surface area contributed by atoms with E-state index in [0.717, 1.165) is 0 Å². The van der Waals surface area contributed by atoms with Crippen molar-refractivity contribution in [2.45, 2.75) is 25.1 Å². The summed E-state index contributed by atoms with van der Waals surface area (Å²) in [5, 5.41) is 1.89. The summed E-state index contributed by atoms with van der Waals surface area (Å²) in [7, 11) is 1.24. The Hall–Kier alpha value is -1.47. The van der Waals surface area contributed by atoms with Gasteiger partial charge in [0.15, 0.2) is 0 Å². The smallest absolute Gasteiger partial charge is 0.453 e. The van der Waals surface area contributed by atoms with E-state index in [4.69, 9.17) is 0 Å². The van der Waals surface area contributed by atoms with E-state index in [0.29, 0.717) is 0 Å². The van der Waals surface area contributed by atoms with Crippen LogP contribution in [0.3, 0.4) is 0 Å². The van der Waals surface area contributed by atoms with Crippen LogP contribution in [0.15, 0.2) is 0 Å². The molecule has 0 bridgehead atoms. The second-order valence-corrected chi connectivity index (χ2v) is 3.70. The number of hydrogen-bond donors (Lipinski definition) is 1. The maximum Gasteiger partial charge on any atom is 0.471 e. The zero-order valence-electron chi connectivity index (χ0n) is 9.21. The Balaban J connectivity index is 2.38. The van der Waals surface area contributed by atoms with Crippen LogP contribution in [0, 0.1) is 0 Å². The molecule has 1 aliphatic rings. The van der Waals surface area contributed by atoms with E-state index in [-0.39, 0.29) is 25.9 Å². The third-order valence-electron chi connectivity index (χ3n) is 2.52. The van der Waals surface area contributed by atoms with Gasteiger partial charge in [-0.15, -0.1) is 0 Å². The van der Waals surface area contributed by atoms with Crippen molar-refractivity contribution in [2.24, 2.45) is 0 Å². The second-order valence-electron chi connectivity index (χ2n) is 3.70. The van der Waals surface area contributed by atoms with Crippen molar-refractivity contribution in [3.63, 3.8) is 0 Å². The highest BCUT2D eigenvalue weighted by atomic mass is 19.4. The molecule has 1 heterocycles. The molecule has 0 aromatic carbocycles. The van der Waals surface area contributed by atoms with Gasteiger partial charge in [-0.1, -0.05) is 0 Å². The number of hydrogen-bond acceptors (Lipinski definition) is 3. The fraction of sp³-hybridized carbons (Fsp3) is 0.778. The topological polar surface area (TPSA) is 58.6 Å². The van der Waals surface area contributed by atoms with E-state index in [2.05, 4.69) is 4.74 Å². The molecule has 1 N–H and O–H groups in total. The fourth-order valence-electron chi connectivity index (χ4n) is 1.60. The molecule has 17 heavy (non-hydrogen) atoms. The number of piperidine rings is 1. The Morgan fingerprint density at radius 2 is 1.82 bits per heavy atom. The molecule has 1 rings (SSSR count). The minimum Gasteiger partial charge on any atom is -0.453 e. The molecule has 98 valence electrons. The Kier molecular flexibility index (Phi) is 4.19. The summed E-state index contributed by atoms with van der Waals surface area (Å²) in [6, 6.07) is -0.551. The molecule has 5 nitrogen and oxygen atoms in total. The molecule has 0 spiro atoms. The lowest BCUT2D eigenvalue weighted by molar-refractivity contribution is -0.174. The number of ether oxygens (including phenoxy) is 1. The Morgan fingerprint density at radius 3 is 2.24 bits per heavy atom. The van der Waals surface area contributed by atoms with Crippen LogP contribution in [0.1, 0.15) is 12.8 Å². The van der Waals surface area contributed by atoms with Gasteiger partial charge in [-0.25, -0.2) is 4.79 Å². The fourth-order valence-corrected chi connectivity index (χ4v) is 1.60. The summed E-state index contributed by atoms with van der Waals surface area (Å²) in [6.07, 6.45) is -4.79. The van der Waals surface area contributed by atoms with Gasteiger partial charge in [-0.05, 0) is 12.8 Å². The third-order valence-corrected chi connectivity index (χ3v) is 2.52. The molecule has 0 unspecified atom stereocenters. The normalized spacial score (nSPS) is 17.8. The van der Waals surface area contributed by atoms with Crippen molar-refractivity contribution in [3.8, 4) is 0 Å². The summed E-state index contributed by atoms with van der Waals surface area (Å²) < 4.78 is 40.4. The molecule has 0 aromatic rings. The van der Waals surface area contributed by atoms with Crippen molar-refractivity contribution in [1.82, 2.24) is 10.2 Å². The summed E-state index contributed by atoms with van der Waals surface area (Å²) in [5.74, 6) is -1.94. The maximum atomic E-state index is 12.0. The molecule has 0 saturated carbocycles. The van der Waals surface area contributed by atoms with Crippen LogP contribution in [-0.2, 0) is 9.53 Å². The number of methoxy groups -OCH3 is 1. The first-order chi connectivity index (χ1) is 7.84. The number of nitrogens with zero attached hydrogens (tertiary/aromatic N) is 1. The van der Waals surface area contributed by atoms with Gasteiger partial charge in [0.2, 0.25) is 0 Å². The van der Waals surface area contributed by atoms with Crippen LogP contribution in [0.25, 0.3) is 0 Å². The van der Waals surface area contributed by atoms with Crippen molar-refractivity contribution in [2.75, 3.05) is 20.2 Å². The van der Waals surface area contributed by atoms with Crippen LogP contribution in [-0.4, -0.2) is 49.3 Å². The predicted octanol–water partition coefficient (Wildman–Crippen LogP) is 0.896. The zero-order valence-corrected chi connectivity index (χ0v) is 9.21. The number of nitrogens with one attached hydrogen (secondary N) is 1. The molecular formula is C9H13F3N2O3. The quantitative estimate of drug-likeness (QED) is 0.756. The molecule has 1 fully saturated rings. The largest absolute Gasteiger partial charge is 0.471 e. The highest BCUT2D eigenvalue weighted by Gasteiger charge is 2.40. The van der Waals surface area contributed by atoms with Crippen molar-refractivity contribution in [1.29, 1.82) is 0 Å². The summed E-state index contributed by atoms with van der Waals surface area (Å²) >= 11 is 0. The van der Waals surface area contributed by atoms with E-state index < -0.39 is 24.2 Å². The lowest BCUT2D eigenvalue weighted by atomic mass is 10.1. The first kappa shape index (κ1) is 13.6. The van der Waals surface area contributed by atoms with Crippen LogP contribution >= 0.6 is 0 Å². The molecule has 0 aliphatic carbocycles. The van der Waals surface area contributed by atoms with E-state index in [1.54, 1.807) is 0 Å². The zero-order chi connectivity index (χ0) is 13.1. The van der Waals surface area contributed by atoms with Crippen molar-refractivity contribution in [3.05, 3.63) is 0 Å². The van der Waals surface area contributed by atoms with Gasteiger partial charge in [0, 0.05) is 19.1 Å². The molecule has 0 atom stereocenters. The number of likely N-dealkylation sites (tertiary alicyclic amines) is 1. The van der Waals surface area contributed by atoms with Crippen LogP contribution in [0.4, 0.5) is 18.0 Å². The molecule has 1 aliphatic heterocycles. The predicted molar refractivity (Wildman–Crippen MR) is 51.2 cm³/mol. The van der Waals surface area contributed by atoms with Gasteiger partial charge in [0.1, 0.15) is 0 Å². The summed E-state index contributed by atoms with van der Waals surface area (Å²) in [5.41, 5.74) is 0. The first-order valence-electron chi connectivity index (χ1n) is 5.05. The van der Waals surface area contributed by atoms with E-state index >= 15 is 0 Å². The second kappa shape index (κ2) is 5.24. The molecule has 0 aromatic heterocycles. The number of amides is 2. The average molecular weight is 254 g/mol. The highest BCUT2D eigenvalue weighted by Crippen LogP contribution is 2.17. The van der Waals surface area contributed by atoms with Crippen LogP contribution < -0.4 is 5.32 Å². The number of carbonyl (C=O) groups is 2. The number of rotatable bonds is 1. The summed E-state index contributed by atoms with van der Waals surface area (Å²) in [6.45, 7) is 0.547. The Morgan fingerprint density at radius 1 is 1.29 bits per heavy atom. The van der Waals surface area contributed by atoms with Gasteiger partial charge >= 0.3 is 18.2 Å². The molecule has 1 saturated heterocycles. The highest BCUT2D eigenvalue weighted by molar-refractivity contribution is 5.82. The number of alkyl halides is 3. The van der Waals surface area contributed by atoms with Gasteiger partial charge in [0.25, 0.3) is 0 Å². The summed E-state index contributed by atoms with van der Waals surface area (Å²) in [4.78, 5) is 23.1. The molecule has 0 radical (unpaired) electrons. The first-order valence-corrected chi connectivity index (χ1v) is 5.05. The van der Waals surface area contributed by atoms with Crippen molar-refractivity contribution >= 4 is 12.0 Å². The minimum absolute atomic E-state index is 0.273. The average Bonchev–Trinajstić information content (AvgIpc) is 2.27. The SMILES string of the molecule is COC(=O)N1CCC(NC(=O)C(F)(F)F)CC1. The lowest BCUT2D eigenvalue weighted by Gasteiger charge is -2.31. The van der Waals surface area contributed by atoms with Gasteiger partial charge in [-0.3, -0.25) is 4.79 Å². The monoisotopic (exact) mass is 254 g/mol. The van der Waals surface area contributed by atoms with Crippen molar-refractivity contribution < 1.29 is 27.5 Å².